The Labute approximate surface area is 129 Å². The third kappa shape index (κ3) is 4.18. The Kier molecular flexibility index (Phi) is 4.93. The summed E-state index contributed by atoms with van der Waals surface area (Å²) in [6.45, 7) is 5.68. The number of carbonyl (C=O) groups excluding carboxylic acids is 2. The Morgan fingerprint density at radius 1 is 1.23 bits per heavy atom. The first-order valence-corrected chi connectivity index (χ1v) is 7.14. The Bertz CT molecular complexity index is 659. The molecule has 1 aromatic carbocycles. The molecule has 2 amide bonds. The van der Waals surface area contributed by atoms with E-state index in [-0.39, 0.29) is 30.1 Å². The van der Waals surface area contributed by atoms with E-state index in [1.807, 2.05) is 45.0 Å². The highest BCUT2D eigenvalue weighted by molar-refractivity contribution is 5.94. The normalized spacial score (nSPS) is 10.5. The molecular weight excluding hydrogens is 280 g/mol. The fourth-order valence-corrected chi connectivity index (χ4v) is 1.92. The summed E-state index contributed by atoms with van der Waals surface area (Å²) >= 11 is 0. The maximum atomic E-state index is 12.0. The summed E-state index contributed by atoms with van der Waals surface area (Å²) in [5.74, 6) is -0.592. The van der Waals surface area contributed by atoms with Gasteiger partial charge in [0, 0.05) is 17.9 Å². The predicted molar refractivity (Wildman–Crippen MR) is 83.9 cm³/mol. The number of imidazole rings is 1. The van der Waals surface area contributed by atoms with Gasteiger partial charge in [0.05, 0.1) is 6.54 Å². The molecule has 6 nitrogen and oxygen atoms in total. The summed E-state index contributed by atoms with van der Waals surface area (Å²) in [6.07, 6.45) is 3.22. The van der Waals surface area contributed by atoms with E-state index in [0.29, 0.717) is 0 Å². The molecule has 6 heteroatoms. The van der Waals surface area contributed by atoms with Crippen molar-refractivity contribution in [3.05, 3.63) is 48.0 Å². The van der Waals surface area contributed by atoms with E-state index in [1.165, 1.54) is 0 Å². The maximum absolute atomic E-state index is 12.0. The largest absolute Gasteiger partial charge is 0.352 e. The zero-order chi connectivity index (χ0) is 16.1. The van der Waals surface area contributed by atoms with Crippen molar-refractivity contribution in [2.45, 2.75) is 26.8 Å². The first-order valence-electron chi connectivity index (χ1n) is 7.14. The molecular formula is C16H20N4O2. The smallest absolute Gasteiger partial charge is 0.271 e. The lowest BCUT2D eigenvalue weighted by Crippen LogP contribution is -2.39. The molecule has 0 spiro atoms. The number of hydrogen-bond acceptors (Lipinski definition) is 3. The number of aryl methyl sites for hydroxylation is 1. The number of carbonyl (C=O) groups is 2. The summed E-state index contributed by atoms with van der Waals surface area (Å²) in [5, 5.41) is 5.26. The van der Waals surface area contributed by atoms with Crippen LogP contribution < -0.4 is 10.6 Å². The summed E-state index contributed by atoms with van der Waals surface area (Å²) in [5.41, 5.74) is 2.37. The van der Waals surface area contributed by atoms with Crippen LogP contribution in [0.4, 0.5) is 0 Å². The molecule has 0 atom stereocenters. The van der Waals surface area contributed by atoms with Crippen LogP contribution in [0, 0.1) is 6.92 Å². The van der Waals surface area contributed by atoms with Crippen molar-refractivity contribution in [3.63, 3.8) is 0 Å². The van der Waals surface area contributed by atoms with Crippen LogP contribution in [-0.4, -0.2) is 34.0 Å². The molecule has 0 aliphatic carbocycles. The van der Waals surface area contributed by atoms with E-state index in [2.05, 4.69) is 15.6 Å². The van der Waals surface area contributed by atoms with Crippen molar-refractivity contribution in [2.75, 3.05) is 6.54 Å². The molecule has 0 unspecified atom stereocenters. The molecule has 2 N–H and O–H groups in total. The van der Waals surface area contributed by atoms with Gasteiger partial charge in [-0.1, -0.05) is 17.7 Å². The number of amides is 2. The van der Waals surface area contributed by atoms with Gasteiger partial charge in [0.1, 0.15) is 12.0 Å². The highest BCUT2D eigenvalue weighted by atomic mass is 16.2. The number of aromatic nitrogens is 2. The molecule has 2 aromatic rings. The van der Waals surface area contributed by atoms with Crippen LogP contribution in [0.5, 0.6) is 0 Å². The topological polar surface area (TPSA) is 76.0 Å². The first kappa shape index (κ1) is 15.8. The van der Waals surface area contributed by atoms with Crippen LogP contribution >= 0.6 is 0 Å². The summed E-state index contributed by atoms with van der Waals surface area (Å²) in [7, 11) is 0. The van der Waals surface area contributed by atoms with Gasteiger partial charge in [-0.05, 0) is 32.9 Å². The molecule has 1 aromatic heterocycles. The van der Waals surface area contributed by atoms with Crippen molar-refractivity contribution < 1.29 is 9.59 Å². The molecule has 0 aliphatic rings. The van der Waals surface area contributed by atoms with Crippen LogP contribution in [0.3, 0.4) is 0 Å². The van der Waals surface area contributed by atoms with E-state index in [1.54, 1.807) is 17.1 Å². The average Bonchev–Trinajstić information content (AvgIpc) is 2.94. The number of hydrogen-bond donors (Lipinski definition) is 2. The Morgan fingerprint density at radius 3 is 2.55 bits per heavy atom. The third-order valence-electron chi connectivity index (χ3n) is 3.01. The molecule has 1 heterocycles. The number of rotatable bonds is 5. The molecule has 0 saturated heterocycles. The Hall–Kier alpha value is -2.63. The zero-order valence-electron chi connectivity index (χ0n) is 13.0. The second-order valence-corrected chi connectivity index (χ2v) is 5.41. The monoisotopic (exact) mass is 300 g/mol. The van der Waals surface area contributed by atoms with Gasteiger partial charge in [-0.3, -0.25) is 9.59 Å². The fourth-order valence-electron chi connectivity index (χ4n) is 1.92. The van der Waals surface area contributed by atoms with Crippen LogP contribution in [0.15, 0.2) is 36.8 Å². The molecule has 116 valence electrons. The van der Waals surface area contributed by atoms with Crippen molar-refractivity contribution in [2.24, 2.45) is 0 Å². The summed E-state index contributed by atoms with van der Waals surface area (Å²) in [6, 6.07) is 7.94. The second-order valence-electron chi connectivity index (χ2n) is 5.41. The standard InChI is InChI=1S/C16H20N4O2/c1-11(2)19-15(21)8-17-16(22)14-9-20(10-18-14)13-6-4-12(3)5-7-13/h4-7,9-11H,8H2,1-3H3,(H,17,22)(H,19,21). The van der Waals surface area contributed by atoms with E-state index < -0.39 is 0 Å². The lowest BCUT2D eigenvalue weighted by molar-refractivity contribution is -0.120. The minimum absolute atomic E-state index is 0.0464. The average molecular weight is 300 g/mol. The molecule has 22 heavy (non-hydrogen) atoms. The van der Waals surface area contributed by atoms with Crippen LogP contribution in [0.25, 0.3) is 5.69 Å². The second kappa shape index (κ2) is 6.89. The summed E-state index contributed by atoms with van der Waals surface area (Å²) in [4.78, 5) is 27.5. The molecule has 0 radical (unpaired) electrons. The number of nitrogens with zero attached hydrogens (tertiary/aromatic N) is 2. The fraction of sp³-hybridized carbons (Fsp3) is 0.312. The van der Waals surface area contributed by atoms with Gasteiger partial charge in [-0.25, -0.2) is 4.98 Å². The van der Waals surface area contributed by atoms with Gasteiger partial charge in [-0.2, -0.15) is 0 Å². The van der Waals surface area contributed by atoms with Crippen LogP contribution in [0.2, 0.25) is 0 Å². The first-order chi connectivity index (χ1) is 10.5. The van der Waals surface area contributed by atoms with Crippen molar-refractivity contribution in [3.8, 4) is 5.69 Å². The lowest BCUT2D eigenvalue weighted by Gasteiger charge is -2.08. The molecule has 0 bridgehead atoms. The number of benzene rings is 1. The minimum Gasteiger partial charge on any atom is -0.352 e. The highest BCUT2D eigenvalue weighted by Gasteiger charge is 2.11. The lowest BCUT2D eigenvalue weighted by atomic mass is 10.2. The molecule has 0 saturated carbocycles. The van der Waals surface area contributed by atoms with Crippen LogP contribution in [-0.2, 0) is 4.79 Å². The van der Waals surface area contributed by atoms with Gasteiger partial charge in [0.2, 0.25) is 5.91 Å². The minimum atomic E-state index is -0.371. The quantitative estimate of drug-likeness (QED) is 0.877. The number of nitrogens with one attached hydrogen (secondary N) is 2. The van der Waals surface area contributed by atoms with Crippen LogP contribution in [0.1, 0.15) is 29.9 Å². The van der Waals surface area contributed by atoms with Gasteiger partial charge < -0.3 is 15.2 Å². The van der Waals surface area contributed by atoms with Crippen molar-refractivity contribution in [1.29, 1.82) is 0 Å². The zero-order valence-corrected chi connectivity index (χ0v) is 13.0. The SMILES string of the molecule is Cc1ccc(-n2cnc(C(=O)NCC(=O)NC(C)C)c2)cc1. The van der Waals surface area contributed by atoms with Crippen molar-refractivity contribution >= 4 is 11.8 Å². The van der Waals surface area contributed by atoms with Crippen molar-refractivity contribution in [1.82, 2.24) is 20.2 Å². The van der Waals surface area contributed by atoms with Gasteiger partial charge in [-0.15, -0.1) is 0 Å². The molecule has 2 rings (SSSR count). The van der Waals surface area contributed by atoms with Gasteiger partial charge >= 0.3 is 0 Å². The molecule has 0 aliphatic heterocycles. The van der Waals surface area contributed by atoms with Gasteiger partial charge in [0.15, 0.2) is 0 Å². The third-order valence-corrected chi connectivity index (χ3v) is 3.01. The summed E-state index contributed by atoms with van der Waals surface area (Å²) < 4.78 is 1.77. The highest BCUT2D eigenvalue weighted by Crippen LogP contribution is 2.10. The van der Waals surface area contributed by atoms with E-state index in [9.17, 15) is 9.59 Å². The van der Waals surface area contributed by atoms with E-state index in [4.69, 9.17) is 0 Å². The van der Waals surface area contributed by atoms with Gasteiger partial charge in [0.25, 0.3) is 5.91 Å². The predicted octanol–water partition coefficient (Wildman–Crippen LogP) is 1.44. The van der Waals surface area contributed by atoms with E-state index in [0.717, 1.165) is 11.3 Å². The Balaban J connectivity index is 1.97. The Morgan fingerprint density at radius 2 is 1.91 bits per heavy atom. The van der Waals surface area contributed by atoms with E-state index >= 15 is 0 Å². The maximum Gasteiger partial charge on any atom is 0.271 e. The molecule has 0 fully saturated rings.